The van der Waals surface area contributed by atoms with E-state index in [9.17, 15) is 19.2 Å². The fourth-order valence-corrected chi connectivity index (χ4v) is 5.08. The van der Waals surface area contributed by atoms with Gasteiger partial charge in [0.2, 0.25) is 0 Å². The summed E-state index contributed by atoms with van der Waals surface area (Å²) in [6.45, 7) is 12.3. The average Bonchev–Trinajstić information content (AvgIpc) is 2.78. The molecule has 2 saturated carbocycles. The first-order valence-corrected chi connectivity index (χ1v) is 13.5. The third-order valence-electron chi connectivity index (χ3n) is 7.98. The van der Waals surface area contributed by atoms with Crippen LogP contribution in [0.3, 0.4) is 0 Å². The first-order valence-electron chi connectivity index (χ1n) is 13.5. The molecule has 2 aliphatic carbocycles. The maximum Gasteiger partial charge on any atom is 0.417 e. The fourth-order valence-electron chi connectivity index (χ4n) is 5.08. The number of esters is 4. The molecule has 0 aromatic rings. The zero-order valence-corrected chi connectivity index (χ0v) is 23.1. The third kappa shape index (κ3) is 10.5. The second kappa shape index (κ2) is 13.4. The smallest absolute Gasteiger partial charge is 0.417 e. The van der Waals surface area contributed by atoms with Gasteiger partial charge in [-0.15, -0.1) is 0 Å². The maximum absolute atomic E-state index is 12.1. The summed E-state index contributed by atoms with van der Waals surface area (Å²) < 4.78 is 20.6. The molecule has 2 rings (SSSR count). The van der Waals surface area contributed by atoms with Crippen molar-refractivity contribution in [3.05, 3.63) is 0 Å². The van der Waals surface area contributed by atoms with Crippen molar-refractivity contribution in [2.45, 2.75) is 118 Å². The summed E-state index contributed by atoms with van der Waals surface area (Å²) in [5.74, 6) is -2.65. The maximum atomic E-state index is 12.1. The van der Waals surface area contributed by atoms with Crippen LogP contribution in [0.5, 0.6) is 0 Å². The van der Waals surface area contributed by atoms with Gasteiger partial charge in [0.15, 0.2) is 0 Å². The van der Waals surface area contributed by atoms with Crippen LogP contribution >= 0.6 is 0 Å². The van der Waals surface area contributed by atoms with E-state index in [1.54, 1.807) is 0 Å². The predicted molar refractivity (Wildman–Crippen MR) is 134 cm³/mol. The first-order chi connectivity index (χ1) is 16.8. The zero-order valence-electron chi connectivity index (χ0n) is 23.1. The van der Waals surface area contributed by atoms with E-state index in [0.717, 1.165) is 51.4 Å². The summed E-state index contributed by atoms with van der Waals surface area (Å²) in [5, 5.41) is 0. The summed E-state index contributed by atoms with van der Waals surface area (Å²) in [6, 6.07) is 0. The summed E-state index contributed by atoms with van der Waals surface area (Å²) >= 11 is 0. The van der Waals surface area contributed by atoms with Crippen LogP contribution in [0.25, 0.3) is 0 Å². The molecule has 0 aliphatic heterocycles. The van der Waals surface area contributed by atoms with Crippen LogP contribution in [-0.4, -0.2) is 49.3 Å². The minimum Gasteiger partial charge on any atom is -0.462 e. The first kappa shape index (κ1) is 30.1. The molecule has 0 aromatic carbocycles. The van der Waals surface area contributed by atoms with E-state index in [-0.39, 0.29) is 38.3 Å². The molecule has 8 nitrogen and oxygen atoms in total. The van der Waals surface area contributed by atoms with Crippen LogP contribution in [0.15, 0.2) is 0 Å². The number of rotatable bonds is 10. The van der Waals surface area contributed by atoms with Crippen molar-refractivity contribution in [1.82, 2.24) is 0 Å². The van der Waals surface area contributed by atoms with E-state index in [1.807, 2.05) is 13.8 Å². The van der Waals surface area contributed by atoms with E-state index in [1.165, 1.54) is 0 Å². The second-order valence-electron chi connectivity index (χ2n) is 12.2. The van der Waals surface area contributed by atoms with Gasteiger partial charge in [-0.3, -0.25) is 9.59 Å². The lowest BCUT2D eigenvalue weighted by Gasteiger charge is -2.36. The van der Waals surface area contributed by atoms with Gasteiger partial charge in [-0.1, -0.05) is 27.7 Å². The summed E-state index contributed by atoms with van der Waals surface area (Å²) in [7, 11) is 0. The Labute approximate surface area is 216 Å². The van der Waals surface area contributed by atoms with Gasteiger partial charge in [0.25, 0.3) is 0 Å². The highest BCUT2D eigenvalue weighted by atomic mass is 16.6. The van der Waals surface area contributed by atoms with Crippen molar-refractivity contribution in [1.29, 1.82) is 0 Å². The van der Waals surface area contributed by atoms with Crippen molar-refractivity contribution in [2.75, 3.05) is 13.2 Å². The molecule has 206 valence electrons. The monoisotopic (exact) mass is 510 g/mol. The highest BCUT2D eigenvalue weighted by Crippen LogP contribution is 2.40. The number of carbonyl (C=O) groups excluding carboxylic acids is 4. The summed E-state index contributed by atoms with van der Waals surface area (Å²) in [4.78, 5) is 47.8. The minimum atomic E-state index is -1.20. The largest absolute Gasteiger partial charge is 0.462 e. The zero-order chi connectivity index (χ0) is 26.9. The van der Waals surface area contributed by atoms with Crippen molar-refractivity contribution in [3.8, 4) is 0 Å². The standard InChI is InChI=1S/C28H46O8/c1-19(21-7-13-27(3,4)14-8-21)35-23(29)11-17-33-25(31)26(32)34-18-12-24(30)36-20(2)22-9-15-28(5,6)16-10-22/h19-22H,7-18H2,1-6H3. The molecule has 0 spiro atoms. The molecule has 0 N–H and O–H groups in total. The Kier molecular flexibility index (Phi) is 11.2. The minimum absolute atomic E-state index is 0.135. The molecule has 0 bridgehead atoms. The Morgan fingerprint density at radius 2 is 0.944 bits per heavy atom. The lowest BCUT2D eigenvalue weighted by atomic mass is 9.72. The lowest BCUT2D eigenvalue weighted by molar-refractivity contribution is -0.170. The van der Waals surface area contributed by atoms with Crippen molar-refractivity contribution in [2.24, 2.45) is 22.7 Å². The van der Waals surface area contributed by atoms with E-state index < -0.39 is 23.9 Å². The molecule has 2 unspecified atom stereocenters. The molecule has 2 aliphatic rings. The van der Waals surface area contributed by atoms with Crippen LogP contribution < -0.4 is 0 Å². The van der Waals surface area contributed by atoms with E-state index in [0.29, 0.717) is 22.7 Å². The van der Waals surface area contributed by atoms with Crippen LogP contribution in [-0.2, 0) is 38.1 Å². The molecule has 0 aromatic heterocycles. The Morgan fingerprint density at radius 1 is 0.639 bits per heavy atom. The van der Waals surface area contributed by atoms with Gasteiger partial charge in [-0.2, -0.15) is 0 Å². The number of hydrogen-bond acceptors (Lipinski definition) is 8. The SMILES string of the molecule is CC(OC(=O)CCOC(=O)C(=O)OCCC(=O)OC(C)C1CCC(C)(C)CC1)C1CCC(C)(C)CC1. The van der Waals surface area contributed by atoms with Gasteiger partial charge in [0.05, 0.1) is 12.8 Å². The molecule has 36 heavy (non-hydrogen) atoms. The van der Waals surface area contributed by atoms with E-state index in [4.69, 9.17) is 18.9 Å². The number of ether oxygens (including phenoxy) is 4. The predicted octanol–water partition coefficient (Wildman–Crippen LogP) is 5.15. The number of carbonyl (C=O) groups is 4. The van der Waals surface area contributed by atoms with Crippen LogP contribution in [0.2, 0.25) is 0 Å². The molecule has 2 fully saturated rings. The Bertz CT molecular complexity index is 688. The highest BCUT2D eigenvalue weighted by molar-refractivity contribution is 6.29. The molecular weight excluding hydrogens is 464 g/mol. The topological polar surface area (TPSA) is 105 Å². The van der Waals surface area contributed by atoms with Crippen LogP contribution in [0.1, 0.15) is 106 Å². The van der Waals surface area contributed by atoms with Crippen molar-refractivity contribution >= 4 is 23.9 Å². The van der Waals surface area contributed by atoms with Crippen molar-refractivity contribution in [3.63, 3.8) is 0 Å². The Hall–Kier alpha value is -2.12. The molecule has 0 heterocycles. The normalized spacial score (nSPS) is 21.6. The summed E-state index contributed by atoms with van der Waals surface area (Å²) in [6.07, 6.45) is 7.86. The van der Waals surface area contributed by atoms with Gasteiger partial charge in [0.1, 0.15) is 25.4 Å². The van der Waals surface area contributed by atoms with Crippen molar-refractivity contribution < 1.29 is 38.1 Å². The van der Waals surface area contributed by atoms with E-state index in [2.05, 4.69) is 27.7 Å². The van der Waals surface area contributed by atoms with Gasteiger partial charge in [-0.25, -0.2) is 9.59 Å². The molecule has 2 atom stereocenters. The van der Waals surface area contributed by atoms with Gasteiger partial charge >= 0.3 is 23.9 Å². The second-order valence-corrected chi connectivity index (χ2v) is 12.2. The Balaban J connectivity index is 1.55. The quantitative estimate of drug-likeness (QED) is 0.226. The van der Waals surface area contributed by atoms with Gasteiger partial charge in [0, 0.05) is 0 Å². The molecular formula is C28H46O8. The molecule has 0 radical (unpaired) electrons. The summed E-state index contributed by atoms with van der Waals surface area (Å²) in [5.41, 5.74) is 0.683. The fraction of sp³-hybridized carbons (Fsp3) is 0.857. The number of hydrogen-bond donors (Lipinski definition) is 0. The van der Waals surface area contributed by atoms with E-state index >= 15 is 0 Å². The Morgan fingerprint density at radius 3 is 1.25 bits per heavy atom. The van der Waals surface area contributed by atoms with Crippen LogP contribution in [0, 0.1) is 22.7 Å². The third-order valence-corrected chi connectivity index (χ3v) is 7.98. The van der Waals surface area contributed by atoms with Gasteiger partial charge in [-0.05, 0) is 87.9 Å². The molecule has 0 amide bonds. The highest BCUT2D eigenvalue weighted by Gasteiger charge is 2.32. The average molecular weight is 511 g/mol. The van der Waals surface area contributed by atoms with Crippen LogP contribution in [0.4, 0.5) is 0 Å². The van der Waals surface area contributed by atoms with Gasteiger partial charge < -0.3 is 18.9 Å². The molecule has 0 saturated heterocycles. The molecule has 8 heteroatoms. The lowest BCUT2D eigenvalue weighted by Crippen LogP contribution is -2.31.